The van der Waals surface area contributed by atoms with Gasteiger partial charge in [-0.25, -0.2) is 0 Å². The maximum atomic E-state index is 11.0. The van der Waals surface area contributed by atoms with E-state index in [4.69, 9.17) is 18.9 Å². The average Bonchev–Trinajstić information content (AvgIpc) is 2.65. The quantitative estimate of drug-likeness (QED) is 0.105. The normalized spacial score (nSPS) is 15.6. The molecule has 0 aliphatic carbocycles. The van der Waals surface area contributed by atoms with Gasteiger partial charge in [0, 0.05) is 6.61 Å². The lowest BCUT2D eigenvalue weighted by atomic mass is 10.0. The molecule has 0 amide bonds. The van der Waals surface area contributed by atoms with Crippen LogP contribution in [0, 0.1) is 0 Å². The maximum Gasteiger partial charge on any atom is 0.330 e. The fourth-order valence-electron chi connectivity index (χ4n) is 3.09. The summed E-state index contributed by atoms with van der Waals surface area (Å²) >= 11 is 0. The number of likely N-dealkylation sites (N-methyl/N-ethyl adjacent to an activating group) is 1. The summed E-state index contributed by atoms with van der Waals surface area (Å²) in [5, 5.41) is 19.3. The number of carboxylic acids is 1. The van der Waals surface area contributed by atoms with Gasteiger partial charge in [-0.2, -0.15) is 0 Å². The first-order chi connectivity index (χ1) is 14.4. The van der Waals surface area contributed by atoms with Gasteiger partial charge in [0.15, 0.2) is 6.10 Å². The third kappa shape index (κ3) is 16.9. The van der Waals surface area contributed by atoms with Crippen molar-refractivity contribution in [2.24, 2.45) is 0 Å². The number of nitrogens with zero attached hydrogens (tertiary/aromatic N) is 1. The molecule has 9 heteroatoms. The van der Waals surface area contributed by atoms with E-state index in [0.29, 0.717) is 6.61 Å². The standard InChI is InChI=1S/C22H46NO7P/c1-7-8-15-22(2,3)28-16-13-11-9-10-12-14-17-29-31(27)30-19(18-20(24)25)21(26)23(4,5)6/h19,21,26-27H,7-18H2,1-6H3/p+1. The van der Waals surface area contributed by atoms with Gasteiger partial charge in [-0.15, -0.1) is 0 Å². The summed E-state index contributed by atoms with van der Waals surface area (Å²) in [6.45, 7) is 7.67. The summed E-state index contributed by atoms with van der Waals surface area (Å²) in [4.78, 5) is 21.0. The summed E-state index contributed by atoms with van der Waals surface area (Å²) in [6, 6.07) is 0. The molecular formula is C22H47NO7P+. The van der Waals surface area contributed by atoms with Gasteiger partial charge in [-0.1, -0.05) is 45.4 Å². The zero-order valence-electron chi connectivity index (χ0n) is 20.5. The van der Waals surface area contributed by atoms with Gasteiger partial charge in [0.05, 0.1) is 39.8 Å². The fraction of sp³-hybridized carbons (Fsp3) is 0.955. The number of hydrogen-bond donors (Lipinski definition) is 3. The minimum atomic E-state index is -2.23. The van der Waals surface area contributed by atoms with Gasteiger partial charge >= 0.3 is 14.6 Å². The maximum absolute atomic E-state index is 11.0. The van der Waals surface area contributed by atoms with E-state index in [1.165, 1.54) is 12.8 Å². The Hall–Kier alpha value is -0.340. The number of quaternary nitrogens is 1. The molecule has 3 unspecified atom stereocenters. The zero-order valence-corrected chi connectivity index (χ0v) is 21.4. The Morgan fingerprint density at radius 1 is 1.00 bits per heavy atom. The topological polar surface area (TPSA) is 105 Å². The molecule has 31 heavy (non-hydrogen) atoms. The second-order valence-corrected chi connectivity index (χ2v) is 10.6. The Bertz CT molecular complexity index is 471. The van der Waals surface area contributed by atoms with Crippen molar-refractivity contribution < 1.29 is 38.2 Å². The van der Waals surface area contributed by atoms with Gasteiger partial charge in [0.2, 0.25) is 6.23 Å². The van der Waals surface area contributed by atoms with Crippen molar-refractivity contribution in [1.29, 1.82) is 0 Å². The molecule has 0 rings (SSSR count). The Labute approximate surface area is 190 Å². The molecule has 0 saturated carbocycles. The molecule has 0 aliphatic heterocycles. The highest BCUT2D eigenvalue weighted by Crippen LogP contribution is 2.37. The van der Waals surface area contributed by atoms with E-state index < -0.39 is 33.3 Å². The Morgan fingerprint density at radius 3 is 2.06 bits per heavy atom. The highest BCUT2D eigenvalue weighted by Gasteiger charge is 2.35. The molecule has 8 nitrogen and oxygen atoms in total. The Morgan fingerprint density at radius 2 is 1.55 bits per heavy atom. The van der Waals surface area contributed by atoms with Crippen molar-refractivity contribution in [1.82, 2.24) is 0 Å². The summed E-state index contributed by atoms with van der Waals surface area (Å²) in [5.74, 6) is -1.10. The van der Waals surface area contributed by atoms with Crippen LogP contribution in [0.4, 0.5) is 0 Å². The summed E-state index contributed by atoms with van der Waals surface area (Å²) < 4.78 is 16.7. The van der Waals surface area contributed by atoms with Gasteiger partial charge in [-0.05, 0) is 33.1 Å². The third-order valence-electron chi connectivity index (χ3n) is 5.09. The summed E-state index contributed by atoms with van der Waals surface area (Å²) in [7, 11) is 2.95. The molecule has 0 aromatic rings. The van der Waals surface area contributed by atoms with Crippen LogP contribution in [0.5, 0.6) is 0 Å². The summed E-state index contributed by atoms with van der Waals surface area (Å²) in [5.41, 5.74) is -0.0243. The predicted octanol–water partition coefficient (Wildman–Crippen LogP) is 4.43. The van der Waals surface area contributed by atoms with Gasteiger partial charge in [0.1, 0.15) is 0 Å². The first-order valence-electron chi connectivity index (χ1n) is 11.5. The van der Waals surface area contributed by atoms with Crippen LogP contribution in [0.1, 0.15) is 85.0 Å². The highest BCUT2D eigenvalue weighted by molar-refractivity contribution is 7.40. The van der Waals surface area contributed by atoms with Gasteiger partial charge < -0.3 is 28.9 Å². The van der Waals surface area contributed by atoms with Crippen LogP contribution in [-0.2, 0) is 18.6 Å². The number of rotatable bonds is 20. The number of aliphatic hydroxyl groups excluding tert-OH is 1. The number of aliphatic carboxylic acids is 1. The van der Waals surface area contributed by atoms with Gasteiger partial charge in [0.25, 0.3) is 0 Å². The minimum absolute atomic E-state index is 0.0243. The molecular weight excluding hydrogens is 421 g/mol. The number of carboxylic acid groups (broad SMARTS) is 1. The van der Waals surface area contributed by atoms with E-state index in [2.05, 4.69) is 20.8 Å². The highest BCUT2D eigenvalue weighted by atomic mass is 31.2. The Kier molecular flexibility index (Phi) is 16.1. The van der Waals surface area contributed by atoms with Crippen LogP contribution in [-0.4, -0.2) is 77.8 Å². The molecule has 0 fully saturated rings. The molecule has 186 valence electrons. The first-order valence-corrected chi connectivity index (χ1v) is 12.7. The average molecular weight is 469 g/mol. The van der Waals surface area contributed by atoms with Crippen LogP contribution in [0.25, 0.3) is 0 Å². The zero-order chi connectivity index (χ0) is 23.9. The lowest BCUT2D eigenvalue weighted by Crippen LogP contribution is -2.52. The SMILES string of the molecule is CCCCC(C)(C)OCCCCCCCCOP(O)OC(CC(=O)O)C(O)[N+](C)(C)C. The molecule has 0 saturated heterocycles. The van der Waals surface area contributed by atoms with Crippen molar-refractivity contribution in [3.63, 3.8) is 0 Å². The van der Waals surface area contributed by atoms with E-state index in [1.807, 2.05) is 0 Å². The second kappa shape index (κ2) is 16.3. The van der Waals surface area contributed by atoms with Crippen LogP contribution in [0.2, 0.25) is 0 Å². The monoisotopic (exact) mass is 468 g/mol. The largest absolute Gasteiger partial charge is 0.481 e. The van der Waals surface area contributed by atoms with Crippen molar-refractivity contribution in [3.8, 4) is 0 Å². The fourth-order valence-corrected chi connectivity index (χ4v) is 3.85. The van der Waals surface area contributed by atoms with Crippen molar-refractivity contribution in [2.45, 2.75) is 103 Å². The van der Waals surface area contributed by atoms with Crippen LogP contribution < -0.4 is 0 Å². The predicted molar refractivity (Wildman–Crippen MR) is 124 cm³/mol. The smallest absolute Gasteiger partial charge is 0.330 e. The number of hydrogen-bond acceptors (Lipinski definition) is 6. The molecule has 0 aromatic heterocycles. The van der Waals surface area contributed by atoms with Crippen molar-refractivity contribution in [3.05, 3.63) is 0 Å². The van der Waals surface area contributed by atoms with E-state index in [-0.39, 0.29) is 10.1 Å². The number of ether oxygens (including phenoxy) is 1. The third-order valence-corrected chi connectivity index (χ3v) is 5.95. The van der Waals surface area contributed by atoms with E-state index >= 15 is 0 Å². The molecule has 0 spiro atoms. The van der Waals surface area contributed by atoms with Crippen molar-refractivity contribution >= 4 is 14.6 Å². The Balaban J connectivity index is 3.87. The van der Waals surface area contributed by atoms with Crippen LogP contribution in [0.15, 0.2) is 0 Å². The number of carbonyl (C=O) groups is 1. The molecule has 3 N–H and O–H groups in total. The van der Waals surface area contributed by atoms with E-state index in [9.17, 15) is 14.8 Å². The van der Waals surface area contributed by atoms with E-state index in [1.54, 1.807) is 21.1 Å². The van der Waals surface area contributed by atoms with E-state index in [0.717, 1.165) is 51.6 Å². The molecule has 0 heterocycles. The number of unbranched alkanes of at least 4 members (excludes halogenated alkanes) is 6. The molecule has 0 aromatic carbocycles. The van der Waals surface area contributed by atoms with Crippen LogP contribution in [0.3, 0.4) is 0 Å². The molecule has 0 radical (unpaired) electrons. The van der Waals surface area contributed by atoms with Crippen LogP contribution >= 0.6 is 8.60 Å². The molecule has 0 aliphatic rings. The lowest BCUT2D eigenvalue weighted by Gasteiger charge is -2.34. The second-order valence-electron chi connectivity index (χ2n) is 9.68. The number of aliphatic hydroxyl groups is 1. The first kappa shape index (κ1) is 30.7. The molecule has 3 atom stereocenters. The molecule has 0 bridgehead atoms. The lowest BCUT2D eigenvalue weighted by molar-refractivity contribution is -0.922. The minimum Gasteiger partial charge on any atom is -0.481 e. The van der Waals surface area contributed by atoms with Crippen molar-refractivity contribution in [2.75, 3.05) is 34.4 Å². The summed E-state index contributed by atoms with van der Waals surface area (Å²) in [6.07, 6.45) is 7.20. The van der Waals surface area contributed by atoms with Gasteiger partial charge in [-0.3, -0.25) is 9.32 Å².